The maximum atomic E-state index is 13.0. The number of aromatic nitrogens is 2. The Balaban J connectivity index is 1.84. The van der Waals surface area contributed by atoms with Crippen molar-refractivity contribution in [1.29, 1.82) is 0 Å². The highest BCUT2D eigenvalue weighted by Gasteiger charge is 2.30. The summed E-state index contributed by atoms with van der Waals surface area (Å²) in [6, 6.07) is 12.4. The molecule has 1 aromatic carbocycles. The average Bonchev–Trinajstić information content (AvgIpc) is 2.93. The van der Waals surface area contributed by atoms with Crippen LogP contribution in [0.1, 0.15) is 38.6 Å². The number of hydrogen-bond acceptors (Lipinski definition) is 2. The smallest absolute Gasteiger partial charge is 0.345 e. The molecule has 0 aliphatic heterocycles. The SMILES string of the molecule is Cc1cc(C)n(Cc2cccc(C(F)(F)F)c2)c1C(=O)NCc1ccccn1. The topological polar surface area (TPSA) is 46.9 Å². The third-order valence-electron chi connectivity index (χ3n) is 4.46. The largest absolute Gasteiger partial charge is 0.416 e. The first-order chi connectivity index (χ1) is 13.3. The van der Waals surface area contributed by atoms with E-state index in [9.17, 15) is 18.0 Å². The van der Waals surface area contributed by atoms with Gasteiger partial charge in [0.15, 0.2) is 0 Å². The fourth-order valence-corrected chi connectivity index (χ4v) is 3.14. The molecule has 0 spiro atoms. The van der Waals surface area contributed by atoms with E-state index in [4.69, 9.17) is 0 Å². The first-order valence-electron chi connectivity index (χ1n) is 8.76. The van der Waals surface area contributed by atoms with Crippen molar-refractivity contribution in [1.82, 2.24) is 14.9 Å². The summed E-state index contributed by atoms with van der Waals surface area (Å²) in [4.78, 5) is 16.9. The van der Waals surface area contributed by atoms with Gasteiger partial charge in [0.05, 0.1) is 17.8 Å². The van der Waals surface area contributed by atoms with Gasteiger partial charge in [0, 0.05) is 18.4 Å². The zero-order valence-corrected chi connectivity index (χ0v) is 15.5. The van der Waals surface area contributed by atoms with E-state index < -0.39 is 11.7 Å². The lowest BCUT2D eigenvalue weighted by Gasteiger charge is -2.14. The Hall–Kier alpha value is -3.09. The van der Waals surface area contributed by atoms with Crippen LogP contribution < -0.4 is 5.32 Å². The molecule has 28 heavy (non-hydrogen) atoms. The minimum Gasteiger partial charge on any atom is -0.345 e. The Morgan fingerprint density at radius 1 is 1.11 bits per heavy atom. The number of benzene rings is 1. The first kappa shape index (κ1) is 19.7. The van der Waals surface area contributed by atoms with Gasteiger partial charge < -0.3 is 9.88 Å². The molecular weight excluding hydrogens is 367 g/mol. The second-order valence-electron chi connectivity index (χ2n) is 6.61. The number of carbonyl (C=O) groups is 1. The number of aryl methyl sites for hydroxylation is 2. The lowest BCUT2D eigenvalue weighted by atomic mass is 10.1. The maximum Gasteiger partial charge on any atom is 0.416 e. The normalized spacial score (nSPS) is 11.5. The fraction of sp³-hybridized carbons (Fsp3) is 0.238. The predicted molar refractivity (Wildman–Crippen MR) is 99.9 cm³/mol. The van der Waals surface area contributed by atoms with Crippen LogP contribution in [0.2, 0.25) is 0 Å². The minimum absolute atomic E-state index is 0.177. The number of alkyl halides is 3. The summed E-state index contributed by atoms with van der Waals surface area (Å²) in [6.45, 7) is 4.09. The molecule has 0 unspecified atom stereocenters. The number of nitrogens with one attached hydrogen (secondary N) is 1. The van der Waals surface area contributed by atoms with E-state index in [2.05, 4.69) is 10.3 Å². The van der Waals surface area contributed by atoms with E-state index in [1.807, 2.05) is 26.0 Å². The third kappa shape index (κ3) is 4.42. The van der Waals surface area contributed by atoms with Crippen molar-refractivity contribution in [3.63, 3.8) is 0 Å². The van der Waals surface area contributed by atoms with Crippen molar-refractivity contribution in [3.8, 4) is 0 Å². The van der Waals surface area contributed by atoms with Gasteiger partial charge in [-0.15, -0.1) is 0 Å². The number of carbonyl (C=O) groups excluding carboxylic acids is 1. The number of halogens is 3. The van der Waals surface area contributed by atoms with Crippen molar-refractivity contribution in [2.24, 2.45) is 0 Å². The van der Waals surface area contributed by atoms with E-state index >= 15 is 0 Å². The van der Waals surface area contributed by atoms with Gasteiger partial charge in [-0.25, -0.2) is 0 Å². The Kier molecular flexibility index (Phi) is 5.53. The number of pyridine rings is 1. The van der Waals surface area contributed by atoms with E-state index in [1.54, 1.807) is 29.0 Å². The molecule has 2 heterocycles. The van der Waals surface area contributed by atoms with Gasteiger partial charge >= 0.3 is 6.18 Å². The van der Waals surface area contributed by atoms with Gasteiger partial charge in [-0.1, -0.05) is 18.2 Å². The Bertz CT molecular complexity index is 978. The minimum atomic E-state index is -4.40. The van der Waals surface area contributed by atoms with E-state index in [-0.39, 0.29) is 19.0 Å². The highest BCUT2D eigenvalue weighted by Crippen LogP contribution is 2.30. The molecule has 4 nitrogen and oxygen atoms in total. The molecule has 3 aromatic rings. The highest BCUT2D eigenvalue weighted by molar-refractivity contribution is 5.94. The molecule has 7 heteroatoms. The summed E-state index contributed by atoms with van der Waals surface area (Å²) in [5.74, 6) is -0.289. The summed E-state index contributed by atoms with van der Waals surface area (Å²) in [6.07, 6.45) is -2.76. The highest BCUT2D eigenvalue weighted by atomic mass is 19.4. The molecule has 0 aliphatic carbocycles. The fourth-order valence-electron chi connectivity index (χ4n) is 3.14. The van der Waals surface area contributed by atoms with Gasteiger partial charge in [-0.05, 0) is 55.3 Å². The zero-order chi connectivity index (χ0) is 20.3. The van der Waals surface area contributed by atoms with Crippen LogP contribution in [0.3, 0.4) is 0 Å². The van der Waals surface area contributed by atoms with Crippen LogP contribution in [0, 0.1) is 13.8 Å². The molecule has 0 aliphatic rings. The summed E-state index contributed by atoms with van der Waals surface area (Å²) in [5, 5.41) is 2.83. The molecule has 0 radical (unpaired) electrons. The second-order valence-corrected chi connectivity index (χ2v) is 6.61. The molecule has 0 saturated heterocycles. The molecule has 3 rings (SSSR count). The average molecular weight is 387 g/mol. The third-order valence-corrected chi connectivity index (χ3v) is 4.46. The molecular formula is C21H20F3N3O. The van der Waals surface area contributed by atoms with E-state index in [0.717, 1.165) is 29.1 Å². The van der Waals surface area contributed by atoms with Crippen LogP contribution in [0.25, 0.3) is 0 Å². The molecule has 0 saturated carbocycles. The van der Waals surface area contributed by atoms with Crippen LogP contribution in [-0.4, -0.2) is 15.5 Å². The van der Waals surface area contributed by atoms with Gasteiger partial charge in [-0.3, -0.25) is 9.78 Å². The number of rotatable bonds is 5. The van der Waals surface area contributed by atoms with Crippen molar-refractivity contribution in [2.75, 3.05) is 0 Å². The molecule has 0 bridgehead atoms. The monoisotopic (exact) mass is 387 g/mol. The van der Waals surface area contributed by atoms with E-state index in [1.165, 1.54) is 6.07 Å². The van der Waals surface area contributed by atoms with Crippen LogP contribution in [0.4, 0.5) is 13.2 Å². The first-order valence-corrected chi connectivity index (χ1v) is 8.76. The number of amides is 1. The molecule has 146 valence electrons. The molecule has 1 amide bonds. The zero-order valence-electron chi connectivity index (χ0n) is 15.5. The van der Waals surface area contributed by atoms with E-state index in [0.29, 0.717) is 11.3 Å². The van der Waals surface area contributed by atoms with Crippen molar-refractivity contribution < 1.29 is 18.0 Å². The molecule has 0 atom stereocenters. The van der Waals surface area contributed by atoms with Gasteiger partial charge in [0.2, 0.25) is 0 Å². The number of hydrogen-bond donors (Lipinski definition) is 1. The summed E-state index contributed by atoms with van der Waals surface area (Å²) in [5.41, 5.74) is 2.51. The van der Waals surface area contributed by atoms with Gasteiger partial charge in [-0.2, -0.15) is 13.2 Å². The summed E-state index contributed by atoms with van der Waals surface area (Å²) >= 11 is 0. The van der Waals surface area contributed by atoms with Crippen LogP contribution in [-0.2, 0) is 19.3 Å². The van der Waals surface area contributed by atoms with Crippen LogP contribution in [0.15, 0.2) is 54.7 Å². The lowest BCUT2D eigenvalue weighted by Crippen LogP contribution is -2.27. The van der Waals surface area contributed by atoms with Crippen molar-refractivity contribution >= 4 is 5.91 Å². The summed E-state index contributed by atoms with van der Waals surface area (Å²) < 4.78 is 40.7. The van der Waals surface area contributed by atoms with Gasteiger partial charge in [0.25, 0.3) is 5.91 Å². The summed E-state index contributed by atoms with van der Waals surface area (Å²) in [7, 11) is 0. The molecule has 1 N–H and O–H groups in total. The quantitative estimate of drug-likeness (QED) is 0.701. The Labute approximate surface area is 161 Å². The Morgan fingerprint density at radius 2 is 1.89 bits per heavy atom. The molecule has 2 aromatic heterocycles. The standard InChI is InChI=1S/C21H20F3N3O/c1-14-10-15(2)27(13-16-6-5-7-17(11-16)21(22,23)24)19(14)20(28)26-12-18-8-3-4-9-25-18/h3-11H,12-13H2,1-2H3,(H,26,28). The van der Waals surface area contributed by atoms with Crippen molar-refractivity contribution in [2.45, 2.75) is 33.1 Å². The Morgan fingerprint density at radius 3 is 2.57 bits per heavy atom. The molecule has 0 fully saturated rings. The lowest BCUT2D eigenvalue weighted by molar-refractivity contribution is -0.137. The number of nitrogens with zero attached hydrogens (tertiary/aromatic N) is 2. The van der Waals surface area contributed by atoms with Crippen molar-refractivity contribution in [3.05, 3.63) is 88.5 Å². The second kappa shape index (κ2) is 7.88. The maximum absolute atomic E-state index is 13.0. The van der Waals surface area contributed by atoms with Crippen LogP contribution >= 0.6 is 0 Å². The predicted octanol–water partition coefficient (Wildman–Crippen LogP) is 4.50. The van der Waals surface area contributed by atoms with Crippen LogP contribution in [0.5, 0.6) is 0 Å². The van der Waals surface area contributed by atoms with Gasteiger partial charge in [0.1, 0.15) is 5.69 Å².